The lowest BCUT2D eigenvalue weighted by Crippen LogP contribution is -2.09. The van der Waals surface area contributed by atoms with Crippen LogP contribution in [0.1, 0.15) is 25.3 Å². The third-order valence-electron chi connectivity index (χ3n) is 3.57. The van der Waals surface area contributed by atoms with Gasteiger partial charge < -0.3 is 0 Å². The number of rotatable bonds is 4. The number of anilines is 1. The Bertz CT molecular complexity index is 995. The predicted molar refractivity (Wildman–Crippen MR) is 96.0 cm³/mol. The number of sulfonamides is 1. The highest BCUT2D eigenvalue weighted by Gasteiger charge is 2.14. The van der Waals surface area contributed by atoms with Crippen LogP contribution in [0.15, 0.2) is 36.5 Å². The highest BCUT2D eigenvalue weighted by molar-refractivity contribution is 7.92. The molecule has 0 saturated heterocycles. The number of aromatic nitrogens is 3. The van der Waals surface area contributed by atoms with Crippen LogP contribution in [0.3, 0.4) is 0 Å². The van der Waals surface area contributed by atoms with E-state index in [9.17, 15) is 8.42 Å². The SMILES string of the molecule is CC(C)c1cnn2c(-c3ccc(NS(C)(=O)=O)cc3)cc(Cl)nc12. The van der Waals surface area contributed by atoms with E-state index in [1.807, 2.05) is 12.1 Å². The Morgan fingerprint density at radius 3 is 2.46 bits per heavy atom. The molecule has 0 aliphatic rings. The Morgan fingerprint density at radius 1 is 1.21 bits per heavy atom. The molecule has 0 unspecified atom stereocenters. The van der Waals surface area contributed by atoms with Crippen LogP contribution < -0.4 is 4.72 Å². The van der Waals surface area contributed by atoms with Gasteiger partial charge in [0.1, 0.15) is 5.15 Å². The summed E-state index contributed by atoms with van der Waals surface area (Å²) in [4.78, 5) is 4.38. The fraction of sp³-hybridized carbons (Fsp3) is 0.250. The Labute approximate surface area is 145 Å². The number of nitrogens with zero attached hydrogens (tertiary/aromatic N) is 3. The molecule has 0 aliphatic carbocycles. The second-order valence-corrected chi connectivity index (χ2v) is 8.04. The Hall–Kier alpha value is -2.12. The first-order valence-electron chi connectivity index (χ1n) is 7.37. The number of nitrogens with one attached hydrogen (secondary N) is 1. The van der Waals surface area contributed by atoms with Crippen molar-refractivity contribution >= 4 is 33.0 Å². The van der Waals surface area contributed by atoms with Crippen molar-refractivity contribution in [3.8, 4) is 11.3 Å². The molecule has 1 aromatic carbocycles. The minimum absolute atomic E-state index is 0.280. The van der Waals surface area contributed by atoms with Gasteiger partial charge in [-0.15, -0.1) is 0 Å². The molecule has 3 rings (SSSR count). The van der Waals surface area contributed by atoms with Gasteiger partial charge in [0.2, 0.25) is 10.0 Å². The van der Waals surface area contributed by atoms with Gasteiger partial charge in [-0.05, 0) is 18.1 Å². The number of halogens is 1. The molecule has 6 nitrogen and oxygen atoms in total. The molecule has 24 heavy (non-hydrogen) atoms. The van der Waals surface area contributed by atoms with Crippen molar-refractivity contribution in [2.24, 2.45) is 0 Å². The fourth-order valence-electron chi connectivity index (χ4n) is 2.49. The number of benzene rings is 1. The summed E-state index contributed by atoms with van der Waals surface area (Å²) in [7, 11) is -3.30. The van der Waals surface area contributed by atoms with E-state index in [0.29, 0.717) is 10.8 Å². The standard InChI is InChI=1S/C16H17ClN4O2S/c1-10(2)13-9-18-21-14(8-15(17)19-16(13)21)11-4-6-12(7-5-11)20-24(3,22)23/h4-10,20H,1-3H3. The normalized spacial score (nSPS) is 12.0. The van der Waals surface area contributed by atoms with Gasteiger partial charge in [-0.25, -0.2) is 17.9 Å². The minimum atomic E-state index is -3.30. The van der Waals surface area contributed by atoms with Gasteiger partial charge in [-0.2, -0.15) is 5.10 Å². The summed E-state index contributed by atoms with van der Waals surface area (Å²) in [5, 5.41) is 4.81. The monoisotopic (exact) mass is 364 g/mol. The van der Waals surface area contributed by atoms with Crippen molar-refractivity contribution in [3.05, 3.63) is 47.2 Å². The number of hydrogen-bond acceptors (Lipinski definition) is 4. The lowest BCUT2D eigenvalue weighted by atomic mass is 10.1. The van der Waals surface area contributed by atoms with Crippen LogP contribution in [-0.4, -0.2) is 29.3 Å². The van der Waals surface area contributed by atoms with E-state index in [2.05, 4.69) is 28.7 Å². The van der Waals surface area contributed by atoms with Crippen LogP contribution in [0.4, 0.5) is 5.69 Å². The molecule has 1 N–H and O–H groups in total. The molecular weight excluding hydrogens is 348 g/mol. The molecule has 2 aromatic heterocycles. The van der Waals surface area contributed by atoms with Gasteiger partial charge in [0.25, 0.3) is 0 Å². The maximum atomic E-state index is 11.3. The first kappa shape index (κ1) is 16.7. The zero-order chi connectivity index (χ0) is 17.5. The van der Waals surface area contributed by atoms with E-state index in [-0.39, 0.29) is 5.92 Å². The van der Waals surface area contributed by atoms with Gasteiger partial charge in [0.05, 0.1) is 18.1 Å². The van der Waals surface area contributed by atoms with Gasteiger partial charge in [-0.3, -0.25) is 4.72 Å². The zero-order valence-electron chi connectivity index (χ0n) is 13.5. The van der Waals surface area contributed by atoms with Gasteiger partial charge in [0.15, 0.2) is 5.65 Å². The fourth-order valence-corrected chi connectivity index (χ4v) is 3.23. The predicted octanol–water partition coefficient (Wildman–Crippen LogP) is 3.54. The van der Waals surface area contributed by atoms with Crippen LogP contribution in [-0.2, 0) is 10.0 Å². The average molecular weight is 365 g/mol. The van der Waals surface area contributed by atoms with E-state index in [0.717, 1.165) is 28.7 Å². The summed E-state index contributed by atoms with van der Waals surface area (Å²) >= 11 is 6.18. The summed E-state index contributed by atoms with van der Waals surface area (Å²) in [5.41, 5.74) is 3.91. The summed E-state index contributed by atoms with van der Waals surface area (Å²) in [5.74, 6) is 0.280. The van der Waals surface area contributed by atoms with Crippen LogP contribution >= 0.6 is 11.6 Å². The molecule has 0 radical (unpaired) electrons. The van der Waals surface area contributed by atoms with Crippen molar-refractivity contribution in [1.82, 2.24) is 14.6 Å². The Balaban J connectivity index is 2.09. The second-order valence-electron chi connectivity index (χ2n) is 5.91. The van der Waals surface area contributed by atoms with Crippen molar-refractivity contribution in [1.29, 1.82) is 0 Å². The zero-order valence-corrected chi connectivity index (χ0v) is 15.1. The molecule has 0 spiro atoms. The van der Waals surface area contributed by atoms with Crippen molar-refractivity contribution in [2.75, 3.05) is 11.0 Å². The maximum absolute atomic E-state index is 11.3. The topological polar surface area (TPSA) is 76.4 Å². The Morgan fingerprint density at radius 2 is 1.88 bits per heavy atom. The smallest absolute Gasteiger partial charge is 0.229 e. The lowest BCUT2D eigenvalue weighted by molar-refractivity contribution is 0.607. The van der Waals surface area contributed by atoms with Crippen LogP contribution in [0.5, 0.6) is 0 Å². The average Bonchev–Trinajstić information content (AvgIpc) is 2.89. The Kier molecular flexibility index (Phi) is 4.23. The summed E-state index contributed by atoms with van der Waals surface area (Å²) < 4.78 is 26.8. The quantitative estimate of drug-likeness (QED) is 0.718. The van der Waals surface area contributed by atoms with E-state index >= 15 is 0 Å². The molecule has 0 atom stereocenters. The number of fused-ring (bicyclic) bond motifs is 1. The molecule has 8 heteroatoms. The molecule has 0 fully saturated rings. The van der Waals surface area contributed by atoms with Crippen LogP contribution in [0.25, 0.3) is 16.9 Å². The molecule has 126 valence electrons. The molecule has 0 bridgehead atoms. The maximum Gasteiger partial charge on any atom is 0.229 e. The van der Waals surface area contributed by atoms with E-state index in [4.69, 9.17) is 11.6 Å². The summed E-state index contributed by atoms with van der Waals surface area (Å²) in [6, 6.07) is 8.77. The number of hydrogen-bond donors (Lipinski definition) is 1. The van der Waals surface area contributed by atoms with Crippen LogP contribution in [0.2, 0.25) is 5.15 Å². The summed E-state index contributed by atoms with van der Waals surface area (Å²) in [6.45, 7) is 4.15. The first-order valence-corrected chi connectivity index (χ1v) is 9.64. The van der Waals surface area contributed by atoms with E-state index in [1.54, 1.807) is 28.9 Å². The molecule has 0 saturated carbocycles. The minimum Gasteiger partial charge on any atom is -0.284 e. The highest BCUT2D eigenvalue weighted by Crippen LogP contribution is 2.28. The van der Waals surface area contributed by atoms with Gasteiger partial charge in [-0.1, -0.05) is 37.6 Å². The molecule has 0 aliphatic heterocycles. The first-order chi connectivity index (χ1) is 11.2. The highest BCUT2D eigenvalue weighted by atomic mass is 35.5. The van der Waals surface area contributed by atoms with Crippen LogP contribution in [0, 0.1) is 0 Å². The molecule has 0 amide bonds. The lowest BCUT2D eigenvalue weighted by Gasteiger charge is -2.09. The van der Waals surface area contributed by atoms with Gasteiger partial charge in [0, 0.05) is 22.9 Å². The summed E-state index contributed by atoms with van der Waals surface area (Å²) in [6.07, 6.45) is 2.91. The molecule has 3 aromatic rings. The van der Waals surface area contributed by atoms with Gasteiger partial charge >= 0.3 is 0 Å². The van der Waals surface area contributed by atoms with Crippen molar-refractivity contribution < 1.29 is 8.42 Å². The van der Waals surface area contributed by atoms with Crippen molar-refractivity contribution in [3.63, 3.8) is 0 Å². The second kappa shape index (κ2) is 6.07. The van der Waals surface area contributed by atoms with E-state index in [1.165, 1.54) is 0 Å². The molecular formula is C16H17ClN4O2S. The van der Waals surface area contributed by atoms with E-state index < -0.39 is 10.0 Å². The third kappa shape index (κ3) is 3.37. The largest absolute Gasteiger partial charge is 0.284 e. The third-order valence-corrected chi connectivity index (χ3v) is 4.37. The van der Waals surface area contributed by atoms with Crippen molar-refractivity contribution in [2.45, 2.75) is 19.8 Å². The molecule has 2 heterocycles.